The Kier molecular flexibility index (Phi) is 5.51. The predicted octanol–water partition coefficient (Wildman–Crippen LogP) is 2.48. The van der Waals surface area contributed by atoms with Crippen molar-refractivity contribution in [3.05, 3.63) is 30.1 Å². The lowest BCUT2D eigenvalue weighted by Gasteiger charge is -2.17. The van der Waals surface area contributed by atoms with Crippen LogP contribution in [0.15, 0.2) is 24.5 Å². The molecular formula is C19H27N3O2. The molecule has 0 radical (unpaired) electrons. The number of ether oxygens (including phenoxy) is 1. The molecule has 1 N–H and O–H groups in total. The van der Waals surface area contributed by atoms with E-state index in [0.29, 0.717) is 24.4 Å². The molecule has 1 amide bonds. The molecule has 0 spiro atoms. The number of rotatable bonds is 7. The van der Waals surface area contributed by atoms with E-state index in [1.54, 1.807) is 6.20 Å². The minimum absolute atomic E-state index is 0.0815. The van der Waals surface area contributed by atoms with E-state index in [1.165, 1.54) is 0 Å². The number of hydrogen-bond acceptors (Lipinski definition) is 4. The van der Waals surface area contributed by atoms with Crippen molar-refractivity contribution in [2.75, 3.05) is 20.1 Å². The summed E-state index contributed by atoms with van der Waals surface area (Å²) in [6.45, 7) is 3.67. The molecule has 1 saturated heterocycles. The van der Waals surface area contributed by atoms with E-state index in [0.717, 1.165) is 43.5 Å². The molecular weight excluding hydrogens is 302 g/mol. The van der Waals surface area contributed by atoms with Gasteiger partial charge in [-0.15, -0.1) is 0 Å². The van der Waals surface area contributed by atoms with E-state index in [2.05, 4.69) is 29.4 Å². The van der Waals surface area contributed by atoms with Gasteiger partial charge in [-0.05, 0) is 44.9 Å². The summed E-state index contributed by atoms with van der Waals surface area (Å²) in [5.41, 5.74) is 1.04. The minimum Gasteiger partial charge on any atom is -0.487 e. The highest BCUT2D eigenvalue weighted by molar-refractivity contribution is 5.81. The summed E-state index contributed by atoms with van der Waals surface area (Å²) in [5.74, 6) is 1.39. The fourth-order valence-electron chi connectivity index (χ4n) is 2.92. The first kappa shape index (κ1) is 17.0. The van der Waals surface area contributed by atoms with Gasteiger partial charge in [0.05, 0.1) is 12.7 Å². The topological polar surface area (TPSA) is 54.5 Å². The average molecular weight is 329 g/mol. The highest BCUT2D eigenvalue weighted by Gasteiger charge is 2.37. The Balaban J connectivity index is 1.52. The first-order valence-corrected chi connectivity index (χ1v) is 8.90. The SMILES string of the molecule is CN[C@@H](C)C/C=C/c1cncc(O[C@@H]2CCN(C(=O)C3CC3)C2)c1. The zero-order valence-electron chi connectivity index (χ0n) is 14.6. The molecule has 130 valence electrons. The summed E-state index contributed by atoms with van der Waals surface area (Å²) < 4.78 is 6.04. The van der Waals surface area contributed by atoms with Crippen molar-refractivity contribution in [3.63, 3.8) is 0 Å². The molecule has 1 aromatic heterocycles. The summed E-state index contributed by atoms with van der Waals surface area (Å²) in [6, 6.07) is 2.47. The predicted molar refractivity (Wildman–Crippen MR) is 94.7 cm³/mol. The monoisotopic (exact) mass is 329 g/mol. The second-order valence-corrected chi connectivity index (χ2v) is 6.87. The maximum Gasteiger partial charge on any atom is 0.225 e. The lowest BCUT2D eigenvalue weighted by molar-refractivity contribution is -0.131. The Hall–Kier alpha value is -1.88. The number of pyridine rings is 1. The highest BCUT2D eigenvalue weighted by Crippen LogP contribution is 2.32. The van der Waals surface area contributed by atoms with Crippen LogP contribution in [0.25, 0.3) is 6.08 Å². The van der Waals surface area contributed by atoms with Gasteiger partial charge in [0.1, 0.15) is 11.9 Å². The molecule has 3 rings (SSSR count). The van der Waals surface area contributed by atoms with Crippen LogP contribution in [0.5, 0.6) is 5.75 Å². The molecule has 5 nitrogen and oxygen atoms in total. The maximum absolute atomic E-state index is 12.1. The molecule has 5 heteroatoms. The van der Waals surface area contributed by atoms with Gasteiger partial charge in [-0.25, -0.2) is 0 Å². The van der Waals surface area contributed by atoms with Crippen LogP contribution < -0.4 is 10.1 Å². The van der Waals surface area contributed by atoms with Crippen molar-refractivity contribution >= 4 is 12.0 Å². The third kappa shape index (κ3) is 4.57. The van der Waals surface area contributed by atoms with Crippen molar-refractivity contribution in [3.8, 4) is 5.75 Å². The van der Waals surface area contributed by atoms with Crippen LogP contribution in [0.2, 0.25) is 0 Å². The summed E-state index contributed by atoms with van der Waals surface area (Å²) in [4.78, 5) is 18.3. The summed E-state index contributed by atoms with van der Waals surface area (Å²) in [5, 5.41) is 3.21. The Bertz CT molecular complexity index is 598. The molecule has 1 aromatic rings. The van der Waals surface area contributed by atoms with E-state index in [4.69, 9.17) is 4.74 Å². The van der Waals surface area contributed by atoms with Gasteiger partial charge in [-0.3, -0.25) is 9.78 Å². The summed E-state index contributed by atoms with van der Waals surface area (Å²) >= 11 is 0. The smallest absolute Gasteiger partial charge is 0.225 e. The Morgan fingerprint density at radius 2 is 2.29 bits per heavy atom. The normalized spacial score (nSPS) is 22.1. The second kappa shape index (κ2) is 7.79. The molecule has 2 atom stereocenters. The van der Waals surface area contributed by atoms with Crippen molar-refractivity contribution in [2.45, 2.75) is 44.8 Å². The zero-order chi connectivity index (χ0) is 16.9. The van der Waals surface area contributed by atoms with Crippen LogP contribution in [0.3, 0.4) is 0 Å². The van der Waals surface area contributed by atoms with E-state index in [9.17, 15) is 4.79 Å². The molecule has 1 saturated carbocycles. The Labute approximate surface area is 144 Å². The number of aromatic nitrogens is 1. The summed E-state index contributed by atoms with van der Waals surface area (Å²) in [7, 11) is 1.97. The van der Waals surface area contributed by atoms with Crippen LogP contribution >= 0.6 is 0 Å². The highest BCUT2D eigenvalue weighted by atomic mass is 16.5. The molecule has 2 fully saturated rings. The van der Waals surface area contributed by atoms with E-state index < -0.39 is 0 Å². The van der Waals surface area contributed by atoms with Crippen molar-refractivity contribution < 1.29 is 9.53 Å². The van der Waals surface area contributed by atoms with Gasteiger partial charge in [0.15, 0.2) is 0 Å². The van der Waals surface area contributed by atoms with Gasteiger partial charge in [0.2, 0.25) is 5.91 Å². The number of hydrogen-bond donors (Lipinski definition) is 1. The Morgan fingerprint density at radius 1 is 1.46 bits per heavy atom. The van der Waals surface area contributed by atoms with Gasteiger partial charge < -0.3 is 15.0 Å². The molecule has 2 aliphatic rings. The van der Waals surface area contributed by atoms with E-state index >= 15 is 0 Å². The third-order valence-corrected chi connectivity index (χ3v) is 4.71. The van der Waals surface area contributed by atoms with Crippen LogP contribution in [-0.2, 0) is 4.79 Å². The quantitative estimate of drug-likeness (QED) is 0.835. The fourth-order valence-corrected chi connectivity index (χ4v) is 2.92. The van der Waals surface area contributed by atoms with Gasteiger partial charge in [-0.1, -0.05) is 12.2 Å². The number of nitrogens with zero attached hydrogens (tertiary/aromatic N) is 2. The molecule has 2 heterocycles. The van der Waals surface area contributed by atoms with Crippen LogP contribution in [-0.4, -0.2) is 48.1 Å². The fraction of sp³-hybridized carbons (Fsp3) is 0.579. The van der Waals surface area contributed by atoms with Gasteiger partial charge in [-0.2, -0.15) is 0 Å². The number of carbonyl (C=O) groups excluding carboxylic acids is 1. The van der Waals surface area contributed by atoms with Crippen LogP contribution in [0.1, 0.15) is 38.2 Å². The number of amides is 1. The zero-order valence-corrected chi connectivity index (χ0v) is 14.6. The molecule has 0 aromatic carbocycles. The van der Waals surface area contributed by atoms with Gasteiger partial charge in [0, 0.05) is 31.1 Å². The Morgan fingerprint density at radius 3 is 3.04 bits per heavy atom. The first-order chi connectivity index (χ1) is 11.7. The lowest BCUT2D eigenvalue weighted by Crippen LogP contribution is -2.31. The minimum atomic E-state index is 0.0815. The maximum atomic E-state index is 12.1. The van der Waals surface area contributed by atoms with Crippen LogP contribution in [0, 0.1) is 5.92 Å². The molecule has 0 bridgehead atoms. The molecule has 1 aliphatic heterocycles. The second-order valence-electron chi connectivity index (χ2n) is 6.87. The van der Waals surface area contributed by atoms with Crippen molar-refractivity contribution in [2.24, 2.45) is 5.92 Å². The van der Waals surface area contributed by atoms with Crippen molar-refractivity contribution in [1.82, 2.24) is 15.2 Å². The molecule has 1 aliphatic carbocycles. The number of carbonyl (C=O) groups is 1. The number of likely N-dealkylation sites (tertiary alicyclic amines) is 1. The summed E-state index contributed by atoms with van der Waals surface area (Å²) in [6.07, 6.45) is 11.9. The van der Waals surface area contributed by atoms with E-state index in [1.807, 2.05) is 24.2 Å². The van der Waals surface area contributed by atoms with Gasteiger partial charge >= 0.3 is 0 Å². The van der Waals surface area contributed by atoms with E-state index in [-0.39, 0.29) is 6.10 Å². The third-order valence-electron chi connectivity index (χ3n) is 4.71. The lowest BCUT2D eigenvalue weighted by atomic mass is 10.2. The first-order valence-electron chi connectivity index (χ1n) is 8.90. The van der Waals surface area contributed by atoms with Crippen molar-refractivity contribution in [1.29, 1.82) is 0 Å². The molecule has 0 unspecified atom stereocenters. The number of nitrogens with one attached hydrogen (secondary N) is 1. The van der Waals surface area contributed by atoms with Gasteiger partial charge in [0.25, 0.3) is 0 Å². The standard InChI is InChI=1S/C19H27N3O2/c1-14(20-2)4-3-5-15-10-18(12-21-11-15)24-17-8-9-22(13-17)19(23)16-6-7-16/h3,5,10-12,14,16-17,20H,4,6-9,13H2,1-2H3/b5-3+/t14-,17+/m0/s1. The largest absolute Gasteiger partial charge is 0.487 e. The van der Waals surface area contributed by atoms with Crippen LogP contribution in [0.4, 0.5) is 0 Å². The molecule has 24 heavy (non-hydrogen) atoms. The average Bonchev–Trinajstić information content (AvgIpc) is 3.34.